The minimum Gasteiger partial charge on any atom is -0.493 e. The van der Waals surface area contributed by atoms with E-state index in [0.717, 1.165) is 66.6 Å². The number of β-amino-alcohol motifs (C(OH)–C–C–N with tert-alkyl or cyclic N) is 1. The topological polar surface area (TPSA) is 211 Å². The minimum absolute atomic E-state index is 0.00896. The van der Waals surface area contributed by atoms with Crippen LogP contribution in [0.1, 0.15) is 152 Å². The number of ether oxygens (including phenoxy) is 1. The average molecular weight is 1230 g/mol. The molecule has 2 spiro atoms. The molecule has 4 aliphatic heterocycles. The molecule has 0 unspecified atom stereocenters. The zero-order chi connectivity index (χ0) is 60.2. The summed E-state index contributed by atoms with van der Waals surface area (Å²) in [6.07, 6.45) is 8.99. The summed E-state index contributed by atoms with van der Waals surface area (Å²) in [4.78, 5) is 93.3. The first-order valence-electron chi connectivity index (χ1n) is 30.5. The lowest BCUT2D eigenvalue weighted by molar-refractivity contribution is -0.145. The van der Waals surface area contributed by atoms with E-state index in [1.807, 2.05) is 36.1 Å². The minimum atomic E-state index is -1.99. The monoisotopic (exact) mass is 1230 g/mol. The first kappa shape index (κ1) is 60.9. The third-order valence-electron chi connectivity index (χ3n) is 19.5. The number of aliphatic hydroxyl groups excluding tert-OH is 1. The molecule has 456 valence electrons. The second-order valence-electron chi connectivity index (χ2n) is 26.1. The molecule has 4 aromatic rings. The quantitative estimate of drug-likeness (QED) is 0.0585. The fourth-order valence-electron chi connectivity index (χ4n) is 14.8. The number of aromatic nitrogens is 1. The van der Waals surface area contributed by atoms with Crippen molar-refractivity contribution in [1.29, 1.82) is 0 Å². The summed E-state index contributed by atoms with van der Waals surface area (Å²) in [7, 11) is 0. The zero-order valence-corrected chi connectivity index (χ0v) is 51.1. The molecule has 3 aromatic carbocycles. The third-order valence-corrected chi connectivity index (χ3v) is 21.1. The fraction of sp³-hybridized carbons (Fsp3) is 0.578. The number of aliphatic hydroxyl groups is 1. The molecule has 3 saturated heterocycles. The molecule has 3 saturated carbocycles. The molecule has 85 heavy (non-hydrogen) atoms. The van der Waals surface area contributed by atoms with Gasteiger partial charge in [-0.25, -0.2) is 13.8 Å². The van der Waals surface area contributed by atoms with Crippen LogP contribution in [0, 0.1) is 30.0 Å². The number of fused-ring (bicyclic) bond motifs is 3. The number of piperidine rings is 1. The molecule has 21 heteroatoms. The summed E-state index contributed by atoms with van der Waals surface area (Å²) >= 11 is 14.4. The molecule has 6 amide bonds. The maximum absolute atomic E-state index is 16.5. The average Bonchev–Trinajstić information content (AvgIpc) is 1.54. The zero-order valence-electron chi connectivity index (χ0n) is 48.8. The number of nitrogens with one attached hydrogen (secondary N) is 5. The number of hydrogen-bond donors (Lipinski definition) is 6. The second-order valence-corrected chi connectivity index (χ2v) is 27.8. The number of rotatable bonds is 16. The van der Waals surface area contributed by atoms with Gasteiger partial charge in [-0.15, -0.1) is 11.3 Å². The Morgan fingerprint density at radius 2 is 1.68 bits per heavy atom. The molecular formula is C64H78Cl2F2N8O8S. The number of hydrogen-bond acceptors (Lipinski definition) is 11. The van der Waals surface area contributed by atoms with E-state index in [0.29, 0.717) is 86.2 Å². The fourth-order valence-corrected chi connectivity index (χ4v) is 16.0. The van der Waals surface area contributed by atoms with Crippen molar-refractivity contribution in [3.63, 3.8) is 0 Å². The van der Waals surface area contributed by atoms with Gasteiger partial charge >= 0.3 is 0 Å². The van der Waals surface area contributed by atoms with Crippen molar-refractivity contribution in [1.82, 2.24) is 36.1 Å². The summed E-state index contributed by atoms with van der Waals surface area (Å²) in [5, 5.41) is 26.8. The number of anilines is 1. The largest absolute Gasteiger partial charge is 0.493 e. The van der Waals surface area contributed by atoms with Crippen molar-refractivity contribution in [3.8, 4) is 16.2 Å². The number of nitrogens with zero attached hydrogens (tertiary/aromatic N) is 3. The van der Waals surface area contributed by atoms with Gasteiger partial charge in [-0.1, -0.05) is 93.6 Å². The lowest BCUT2D eigenvalue weighted by Gasteiger charge is -2.47. The highest BCUT2D eigenvalue weighted by atomic mass is 35.5. The Hall–Kier alpha value is -5.73. The van der Waals surface area contributed by atoms with Gasteiger partial charge in [0.25, 0.3) is 5.91 Å². The lowest BCUT2D eigenvalue weighted by Crippen LogP contribution is -2.60. The first-order valence-corrected chi connectivity index (χ1v) is 32.1. The number of thiazole rings is 1. The maximum Gasteiger partial charge on any atom is 0.258 e. The van der Waals surface area contributed by atoms with Crippen LogP contribution in [-0.4, -0.2) is 123 Å². The van der Waals surface area contributed by atoms with Crippen LogP contribution in [0.3, 0.4) is 0 Å². The van der Waals surface area contributed by atoms with E-state index in [-0.39, 0.29) is 72.6 Å². The number of aryl methyl sites for hydroxylation is 1. The van der Waals surface area contributed by atoms with Crippen LogP contribution < -0.4 is 31.3 Å². The van der Waals surface area contributed by atoms with Gasteiger partial charge in [-0.2, -0.15) is 0 Å². The highest BCUT2D eigenvalue weighted by molar-refractivity contribution is 7.13. The van der Waals surface area contributed by atoms with Gasteiger partial charge in [0.1, 0.15) is 29.1 Å². The van der Waals surface area contributed by atoms with Crippen molar-refractivity contribution >= 4 is 75.7 Å². The maximum atomic E-state index is 16.5. The molecule has 6 N–H and O–H groups in total. The van der Waals surface area contributed by atoms with Gasteiger partial charge in [0.2, 0.25) is 29.5 Å². The lowest BCUT2D eigenvalue weighted by atomic mass is 9.55. The first-order chi connectivity index (χ1) is 40.6. The summed E-state index contributed by atoms with van der Waals surface area (Å²) < 4.78 is 37.7. The highest BCUT2D eigenvalue weighted by Gasteiger charge is 2.72. The van der Waals surface area contributed by atoms with Gasteiger partial charge in [-0.3, -0.25) is 34.1 Å². The molecule has 5 heterocycles. The number of benzene rings is 3. The number of amides is 6. The summed E-state index contributed by atoms with van der Waals surface area (Å²) in [6, 6.07) is 12.6. The Balaban J connectivity index is 0.676. The van der Waals surface area contributed by atoms with E-state index >= 15 is 4.39 Å². The van der Waals surface area contributed by atoms with E-state index in [1.54, 1.807) is 50.5 Å². The van der Waals surface area contributed by atoms with Crippen molar-refractivity contribution in [2.45, 2.75) is 190 Å². The molecule has 3 aliphatic carbocycles. The van der Waals surface area contributed by atoms with E-state index in [4.69, 9.17) is 27.9 Å². The number of halogens is 4. The normalized spacial score (nSPS) is 26.4. The van der Waals surface area contributed by atoms with Crippen molar-refractivity contribution in [3.05, 3.63) is 98.4 Å². The van der Waals surface area contributed by atoms with Crippen LogP contribution >= 0.6 is 34.5 Å². The number of alkyl halides is 1. The molecule has 0 radical (unpaired) electrons. The Labute approximate surface area is 509 Å². The Morgan fingerprint density at radius 3 is 2.38 bits per heavy atom. The second kappa shape index (κ2) is 24.4. The predicted molar refractivity (Wildman–Crippen MR) is 321 cm³/mol. The molecule has 11 rings (SSSR count). The van der Waals surface area contributed by atoms with Gasteiger partial charge < -0.3 is 40.9 Å². The van der Waals surface area contributed by atoms with Crippen molar-refractivity contribution in [2.24, 2.45) is 17.3 Å². The van der Waals surface area contributed by atoms with E-state index in [9.17, 15) is 38.3 Å². The highest BCUT2D eigenvalue weighted by Crippen LogP contribution is 2.63. The van der Waals surface area contributed by atoms with Gasteiger partial charge in [0, 0.05) is 72.3 Å². The van der Waals surface area contributed by atoms with Crippen LogP contribution in [0.5, 0.6) is 5.75 Å². The molecule has 6 atom stereocenters. The smallest absolute Gasteiger partial charge is 0.258 e. The van der Waals surface area contributed by atoms with Gasteiger partial charge in [-0.05, 0) is 136 Å². The molecular weight excluding hydrogens is 1150 g/mol. The van der Waals surface area contributed by atoms with Crippen LogP contribution in [-0.2, 0) is 40.7 Å². The Kier molecular flexibility index (Phi) is 17.5. The molecule has 6 fully saturated rings. The van der Waals surface area contributed by atoms with E-state index < -0.39 is 75.7 Å². The van der Waals surface area contributed by atoms with E-state index in [1.165, 1.54) is 22.3 Å². The number of likely N-dealkylation sites (tertiary alicyclic amines) is 2. The van der Waals surface area contributed by atoms with Crippen LogP contribution in [0.25, 0.3) is 10.4 Å². The standard InChI is InChI=1S/C64H78Cl2F2N8O8S/c1-36-53(85-35-70-36)39-13-14-40(33-69-55(78)48-32-43(77)34-76(48)58(81)54(61(2,3)4)73-59(82)62(68)25-26-62)49(30-39)84-29-9-10-37-21-27-75(28-22-37)57(80)38-15-18-42(19-16-38)71-56(79)52-50(44-11-8-12-46(66)51(44)67)64(63(74-52)23-6-5-7-24-63)45-20-17-41(65)31-47(45)72-60(64)83/h8,11-14,17,20,30-31,35,37-38,42-43,48,50,52,54,74,77H,5-7,9-10,15-16,18-19,21-29,32-34H2,1-4H3,(H,69,78)(H,71,79)(H,72,83)(H,73,82)/t38?,42?,43-,48+,50+,52-,54-,64-/m1/s1. The third kappa shape index (κ3) is 11.9. The Morgan fingerprint density at radius 1 is 0.941 bits per heavy atom. The van der Waals surface area contributed by atoms with Crippen LogP contribution in [0.15, 0.2) is 60.1 Å². The van der Waals surface area contributed by atoms with Crippen molar-refractivity contribution < 1.29 is 47.4 Å². The van der Waals surface area contributed by atoms with Crippen LogP contribution in [0.2, 0.25) is 10.0 Å². The molecule has 16 nitrogen and oxygen atoms in total. The predicted octanol–water partition coefficient (Wildman–Crippen LogP) is 9.60. The SMILES string of the molecule is Cc1ncsc1-c1ccc(CNC(=O)[C@@H]2C[C@@H](O)CN2C(=O)[C@@H](NC(=O)C2(F)CC2)C(C)(C)C)c(OCCCC2CCN(C(=O)C3CCC(NC(=O)[C@@H]4NC5(CCCCC5)[C@@]5(C(=O)Nc6cc(Cl)ccc65)[C@H]4c4cccc(Cl)c4F)CC3)CC2)c1. The summed E-state index contributed by atoms with van der Waals surface area (Å²) in [5.41, 5.74) is 0.827. The number of carbonyl (C=O) groups is 6. The summed E-state index contributed by atoms with van der Waals surface area (Å²) in [5.74, 6) is -3.05. The van der Waals surface area contributed by atoms with Crippen LogP contribution in [0.4, 0.5) is 14.5 Å². The van der Waals surface area contributed by atoms with Crippen molar-refractivity contribution in [2.75, 3.05) is 31.6 Å². The molecule has 0 bridgehead atoms. The van der Waals surface area contributed by atoms with Gasteiger partial charge in [0.15, 0.2) is 5.67 Å². The molecule has 7 aliphatic rings. The molecule has 1 aromatic heterocycles. The summed E-state index contributed by atoms with van der Waals surface area (Å²) in [6.45, 7) is 8.94. The van der Waals surface area contributed by atoms with Gasteiger partial charge in [0.05, 0.1) is 39.9 Å². The van der Waals surface area contributed by atoms with E-state index in [2.05, 4.69) is 31.6 Å². The number of carbonyl (C=O) groups excluding carboxylic acids is 6. The Bertz CT molecular complexity index is 3220.